The third-order valence-electron chi connectivity index (χ3n) is 4.26. The maximum atomic E-state index is 12.0. The van der Waals surface area contributed by atoms with E-state index in [-0.39, 0.29) is 23.9 Å². The summed E-state index contributed by atoms with van der Waals surface area (Å²) in [5, 5.41) is 11.7. The summed E-state index contributed by atoms with van der Waals surface area (Å²) in [5.74, 6) is -1.38. The maximum Gasteiger partial charge on any atom is 0.325 e. The molecule has 0 saturated carbocycles. The van der Waals surface area contributed by atoms with E-state index in [1.807, 2.05) is 11.8 Å². The van der Waals surface area contributed by atoms with Crippen molar-refractivity contribution in [3.63, 3.8) is 0 Å². The van der Waals surface area contributed by atoms with E-state index >= 15 is 0 Å². The van der Waals surface area contributed by atoms with Gasteiger partial charge in [0, 0.05) is 19.1 Å². The number of rotatable bonds is 4. The summed E-state index contributed by atoms with van der Waals surface area (Å²) in [7, 11) is 0. The highest BCUT2D eigenvalue weighted by Gasteiger charge is 2.44. The lowest BCUT2D eigenvalue weighted by atomic mass is 10.0. The third kappa shape index (κ3) is 2.49. The summed E-state index contributed by atoms with van der Waals surface area (Å²) in [5.41, 5.74) is -0.850. The Bertz CT molecular complexity index is 449. The Morgan fingerprint density at radius 3 is 2.50 bits per heavy atom. The zero-order chi connectivity index (χ0) is 15.1. The minimum Gasteiger partial charge on any atom is -0.481 e. The Balaban J connectivity index is 1.92. The van der Waals surface area contributed by atoms with Crippen molar-refractivity contribution in [2.45, 2.75) is 38.8 Å². The van der Waals surface area contributed by atoms with Gasteiger partial charge in [-0.2, -0.15) is 0 Å². The van der Waals surface area contributed by atoms with Crippen LogP contribution in [0, 0.1) is 5.92 Å². The van der Waals surface area contributed by atoms with Crippen LogP contribution in [0.1, 0.15) is 27.2 Å². The van der Waals surface area contributed by atoms with E-state index in [4.69, 9.17) is 5.11 Å². The van der Waals surface area contributed by atoms with Gasteiger partial charge in [-0.3, -0.25) is 19.4 Å². The number of urea groups is 1. The molecule has 2 aliphatic rings. The summed E-state index contributed by atoms with van der Waals surface area (Å²) in [4.78, 5) is 38.0. The van der Waals surface area contributed by atoms with E-state index in [0.29, 0.717) is 26.1 Å². The second-order valence-corrected chi connectivity index (χ2v) is 6.02. The fourth-order valence-corrected chi connectivity index (χ4v) is 2.90. The largest absolute Gasteiger partial charge is 0.481 e. The topological polar surface area (TPSA) is 89.9 Å². The van der Waals surface area contributed by atoms with Gasteiger partial charge in [0.25, 0.3) is 5.91 Å². The van der Waals surface area contributed by atoms with Crippen LogP contribution in [0.4, 0.5) is 4.79 Å². The molecule has 2 rings (SSSR count). The van der Waals surface area contributed by atoms with Crippen molar-refractivity contribution in [1.29, 1.82) is 0 Å². The van der Waals surface area contributed by atoms with E-state index in [1.54, 1.807) is 13.8 Å². The molecular weight excluding hydrogens is 262 g/mol. The van der Waals surface area contributed by atoms with Crippen molar-refractivity contribution < 1.29 is 19.5 Å². The molecule has 0 aromatic rings. The lowest BCUT2D eigenvalue weighted by Crippen LogP contribution is -2.43. The highest BCUT2D eigenvalue weighted by molar-refractivity contribution is 6.06. The molecule has 0 radical (unpaired) electrons. The number of nitrogens with zero attached hydrogens (tertiary/aromatic N) is 2. The van der Waals surface area contributed by atoms with E-state index in [1.165, 1.54) is 4.90 Å². The van der Waals surface area contributed by atoms with Gasteiger partial charge in [0.05, 0.1) is 5.92 Å². The number of imide groups is 1. The van der Waals surface area contributed by atoms with Gasteiger partial charge in [-0.1, -0.05) is 0 Å². The molecule has 0 aliphatic carbocycles. The number of carbonyl (C=O) groups is 3. The average Bonchev–Trinajstić information content (AvgIpc) is 2.78. The SMILES string of the molecule is CC1C(C(=O)O)CCN1CCN1C(=O)NC(C)(C)C1=O. The predicted molar refractivity (Wildman–Crippen MR) is 71.1 cm³/mol. The number of aliphatic carboxylic acids is 1. The minimum absolute atomic E-state index is 0.0683. The number of hydrogen-bond acceptors (Lipinski definition) is 4. The van der Waals surface area contributed by atoms with Gasteiger partial charge in [-0.15, -0.1) is 0 Å². The van der Waals surface area contributed by atoms with Crippen molar-refractivity contribution in [3.8, 4) is 0 Å². The number of nitrogens with one attached hydrogen (secondary N) is 1. The normalized spacial score (nSPS) is 29.9. The van der Waals surface area contributed by atoms with Gasteiger partial charge in [-0.25, -0.2) is 4.79 Å². The number of amides is 3. The van der Waals surface area contributed by atoms with Crippen LogP contribution in [0.5, 0.6) is 0 Å². The van der Waals surface area contributed by atoms with Crippen LogP contribution in [-0.2, 0) is 9.59 Å². The smallest absolute Gasteiger partial charge is 0.325 e. The molecule has 3 amide bonds. The third-order valence-corrected chi connectivity index (χ3v) is 4.26. The quantitative estimate of drug-likeness (QED) is 0.715. The number of carbonyl (C=O) groups excluding carboxylic acids is 2. The van der Waals surface area contributed by atoms with Gasteiger partial charge < -0.3 is 10.4 Å². The average molecular weight is 283 g/mol. The summed E-state index contributed by atoms with van der Waals surface area (Å²) >= 11 is 0. The van der Waals surface area contributed by atoms with E-state index in [9.17, 15) is 14.4 Å². The van der Waals surface area contributed by atoms with Gasteiger partial charge >= 0.3 is 12.0 Å². The van der Waals surface area contributed by atoms with Crippen molar-refractivity contribution in [1.82, 2.24) is 15.1 Å². The second-order valence-electron chi connectivity index (χ2n) is 6.02. The van der Waals surface area contributed by atoms with E-state index in [0.717, 1.165) is 0 Å². The molecule has 2 fully saturated rings. The molecule has 20 heavy (non-hydrogen) atoms. The first-order valence-corrected chi connectivity index (χ1v) is 6.85. The second kappa shape index (κ2) is 5.05. The molecule has 2 heterocycles. The minimum atomic E-state index is -0.850. The first kappa shape index (κ1) is 14.8. The highest BCUT2D eigenvalue weighted by atomic mass is 16.4. The molecule has 0 spiro atoms. The molecule has 2 N–H and O–H groups in total. The van der Waals surface area contributed by atoms with E-state index < -0.39 is 11.5 Å². The monoisotopic (exact) mass is 283 g/mol. The Hall–Kier alpha value is -1.63. The number of carboxylic acid groups (broad SMARTS) is 1. The fourth-order valence-electron chi connectivity index (χ4n) is 2.90. The molecule has 7 heteroatoms. The van der Waals surface area contributed by atoms with Gasteiger partial charge in [0.1, 0.15) is 5.54 Å². The van der Waals surface area contributed by atoms with Gasteiger partial charge in [0.2, 0.25) is 0 Å². The molecule has 7 nitrogen and oxygen atoms in total. The van der Waals surface area contributed by atoms with Gasteiger partial charge in [0.15, 0.2) is 0 Å². The molecule has 2 unspecified atom stereocenters. The van der Waals surface area contributed by atoms with Crippen LogP contribution in [0.15, 0.2) is 0 Å². The van der Waals surface area contributed by atoms with Crippen LogP contribution in [0.25, 0.3) is 0 Å². The lowest BCUT2D eigenvalue weighted by Gasteiger charge is -2.25. The van der Waals surface area contributed by atoms with Gasteiger partial charge in [-0.05, 0) is 33.7 Å². The predicted octanol–water partition coefficient (Wildman–Crippen LogP) is 0.112. The van der Waals surface area contributed by atoms with Crippen LogP contribution in [-0.4, -0.2) is 64.0 Å². The number of likely N-dealkylation sites (tertiary alicyclic amines) is 1. The first-order chi connectivity index (χ1) is 9.24. The Labute approximate surface area is 117 Å². The summed E-state index contributed by atoms with van der Waals surface area (Å²) in [6.45, 7) is 6.72. The fraction of sp³-hybridized carbons (Fsp3) is 0.769. The molecule has 0 bridgehead atoms. The van der Waals surface area contributed by atoms with Crippen LogP contribution < -0.4 is 5.32 Å². The maximum absolute atomic E-state index is 12.0. The van der Waals surface area contributed by atoms with E-state index in [2.05, 4.69) is 5.32 Å². The molecule has 2 aliphatic heterocycles. The molecule has 0 aromatic carbocycles. The van der Waals surface area contributed by atoms with Crippen molar-refractivity contribution in [3.05, 3.63) is 0 Å². The standard InChI is InChI=1S/C13H21N3O4/c1-8-9(10(17)18)4-5-15(8)6-7-16-11(19)13(2,3)14-12(16)20/h8-9H,4-7H2,1-3H3,(H,14,20)(H,17,18). The summed E-state index contributed by atoms with van der Waals surface area (Å²) in [6, 6.07) is -0.442. The summed E-state index contributed by atoms with van der Waals surface area (Å²) < 4.78 is 0. The van der Waals surface area contributed by atoms with Crippen molar-refractivity contribution >= 4 is 17.9 Å². The zero-order valence-electron chi connectivity index (χ0n) is 12.0. The van der Waals surface area contributed by atoms with Crippen LogP contribution >= 0.6 is 0 Å². The molecule has 112 valence electrons. The molecule has 0 aromatic heterocycles. The number of hydrogen-bond donors (Lipinski definition) is 2. The number of carboxylic acids is 1. The van der Waals surface area contributed by atoms with Crippen LogP contribution in [0.2, 0.25) is 0 Å². The molecule has 2 atom stereocenters. The Kier molecular flexibility index (Phi) is 3.73. The lowest BCUT2D eigenvalue weighted by molar-refractivity contribution is -0.142. The first-order valence-electron chi connectivity index (χ1n) is 6.85. The Morgan fingerprint density at radius 2 is 2.05 bits per heavy atom. The molecule has 2 saturated heterocycles. The Morgan fingerprint density at radius 1 is 1.40 bits per heavy atom. The summed E-state index contributed by atoms with van der Waals surface area (Å²) in [6.07, 6.45) is 0.613. The zero-order valence-corrected chi connectivity index (χ0v) is 12.0. The molecular formula is C13H21N3O4. The van der Waals surface area contributed by atoms with Crippen LogP contribution in [0.3, 0.4) is 0 Å². The van der Waals surface area contributed by atoms with Crippen molar-refractivity contribution in [2.75, 3.05) is 19.6 Å². The highest BCUT2D eigenvalue weighted by Crippen LogP contribution is 2.24. The van der Waals surface area contributed by atoms with Crippen molar-refractivity contribution in [2.24, 2.45) is 5.92 Å².